The molecule has 0 bridgehead atoms. The smallest absolute Gasteiger partial charge is 0.233 e. The maximum atomic E-state index is 14.1. The number of rotatable bonds is 7. The van der Waals surface area contributed by atoms with Crippen molar-refractivity contribution in [2.45, 2.75) is 26.3 Å². The molecule has 164 valence electrons. The monoisotopic (exact) mass is 439 g/mol. The van der Waals surface area contributed by atoms with Crippen LogP contribution in [-0.4, -0.2) is 25.1 Å². The predicted molar refractivity (Wildman–Crippen MR) is 115 cm³/mol. The normalized spacial score (nSPS) is 11.9. The molecule has 0 aliphatic heterocycles. The van der Waals surface area contributed by atoms with Crippen molar-refractivity contribution < 1.29 is 13.2 Å². The van der Waals surface area contributed by atoms with Crippen molar-refractivity contribution in [3.05, 3.63) is 77.4 Å². The van der Waals surface area contributed by atoms with Gasteiger partial charge in [0.15, 0.2) is 5.82 Å². The molecule has 2 aromatic carbocycles. The highest BCUT2D eigenvalue weighted by Crippen LogP contribution is 2.24. The second-order valence-corrected chi connectivity index (χ2v) is 7.09. The molecule has 32 heavy (non-hydrogen) atoms. The lowest BCUT2D eigenvalue weighted by molar-refractivity contribution is 0.566. The first kappa shape index (κ1) is 21.3. The van der Waals surface area contributed by atoms with E-state index in [0.29, 0.717) is 29.3 Å². The Kier molecular flexibility index (Phi) is 6.02. The lowest BCUT2D eigenvalue weighted by Gasteiger charge is -2.16. The molecule has 10 heteroatoms. The highest BCUT2D eigenvalue weighted by Gasteiger charge is 2.15. The lowest BCUT2D eigenvalue weighted by atomic mass is 10.1. The van der Waals surface area contributed by atoms with E-state index in [1.165, 1.54) is 24.3 Å². The van der Waals surface area contributed by atoms with Crippen LogP contribution in [0.25, 0.3) is 11.3 Å². The third-order valence-electron chi connectivity index (χ3n) is 4.73. The number of hydrogen-bond donors (Lipinski definition) is 3. The summed E-state index contributed by atoms with van der Waals surface area (Å²) in [5, 5.41) is 13.0. The highest BCUT2D eigenvalue weighted by atomic mass is 19.1. The van der Waals surface area contributed by atoms with Gasteiger partial charge in [-0.2, -0.15) is 20.1 Å². The molecule has 0 aliphatic carbocycles. The van der Waals surface area contributed by atoms with Crippen LogP contribution in [0.1, 0.15) is 31.3 Å². The standard InChI is InChI=1S/C22H20F3N7/c1-3-19-27-21(26-12(2)16-8-7-15(24)10-17(16)25)30-22(28-19)29-20-11-18(31-32-20)13-5-4-6-14(23)9-13/h4-12H,3H2,1-2H3,(H3,26,27,28,29,30,31,32). The van der Waals surface area contributed by atoms with Crippen molar-refractivity contribution in [1.82, 2.24) is 25.1 Å². The number of aromatic amines is 1. The van der Waals surface area contributed by atoms with Gasteiger partial charge in [-0.25, -0.2) is 13.2 Å². The Balaban J connectivity index is 1.55. The third-order valence-corrected chi connectivity index (χ3v) is 4.73. The van der Waals surface area contributed by atoms with E-state index < -0.39 is 17.7 Å². The molecular formula is C22H20F3N7. The lowest BCUT2D eigenvalue weighted by Crippen LogP contribution is -2.14. The number of aryl methyl sites for hydroxylation is 1. The van der Waals surface area contributed by atoms with Crippen molar-refractivity contribution in [1.29, 1.82) is 0 Å². The van der Waals surface area contributed by atoms with Crippen LogP contribution >= 0.6 is 0 Å². The second-order valence-electron chi connectivity index (χ2n) is 7.09. The van der Waals surface area contributed by atoms with E-state index in [2.05, 4.69) is 35.8 Å². The van der Waals surface area contributed by atoms with Crippen molar-refractivity contribution in [2.75, 3.05) is 10.6 Å². The number of aromatic nitrogens is 5. The molecule has 0 spiro atoms. The van der Waals surface area contributed by atoms with Crippen molar-refractivity contribution >= 4 is 17.7 Å². The summed E-state index contributed by atoms with van der Waals surface area (Å²) in [5.41, 5.74) is 1.55. The molecular weight excluding hydrogens is 419 g/mol. The number of H-pyrrole nitrogens is 1. The van der Waals surface area contributed by atoms with Crippen LogP contribution < -0.4 is 10.6 Å². The summed E-state index contributed by atoms with van der Waals surface area (Å²) in [6, 6.07) is 10.7. The van der Waals surface area contributed by atoms with Gasteiger partial charge in [-0.1, -0.05) is 25.1 Å². The Labute approximate surface area is 182 Å². The molecule has 3 N–H and O–H groups in total. The Morgan fingerprint density at radius 1 is 0.938 bits per heavy atom. The van der Waals surface area contributed by atoms with Crippen LogP contribution in [0.15, 0.2) is 48.5 Å². The van der Waals surface area contributed by atoms with Gasteiger partial charge in [0.1, 0.15) is 23.3 Å². The molecule has 0 radical (unpaired) electrons. The van der Waals surface area contributed by atoms with Crippen molar-refractivity contribution in [3.8, 4) is 11.3 Å². The van der Waals surface area contributed by atoms with E-state index in [1.54, 1.807) is 25.1 Å². The molecule has 2 heterocycles. The molecule has 4 aromatic rings. The molecule has 0 saturated heterocycles. The van der Waals surface area contributed by atoms with Gasteiger partial charge >= 0.3 is 0 Å². The molecule has 2 aromatic heterocycles. The minimum absolute atomic E-state index is 0.233. The molecule has 0 saturated carbocycles. The summed E-state index contributed by atoms with van der Waals surface area (Å²) in [7, 11) is 0. The molecule has 0 amide bonds. The van der Waals surface area contributed by atoms with Crippen LogP contribution in [0.3, 0.4) is 0 Å². The highest BCUT2D eigenvalue weighted by molar-refractivity contribution is 5.64. The molecule has 1 atom stereocenters. The summed E-state index contributed by atoms with van der Waals surface area (Å²) in [4.78, 5) is 13.0. The Morgan fingerprint density at radius 2 is 1.72 bits per heavy atom. The van der Waals surface area contributed by atoms with Gasteiger partial charge in [0.25, 0.3) is 0 Å². The van der Waals surface area contributed by atoms with Crippen LogP contribution in [0, 0.1) is 17.5 Å². The minimum atomic E-state index is -0.658. The topological polar surface area (TPSA) is 91.4 Å². The SMILES string of the molecule is CCc1nc(Nc2cc(-c3cccc(F)c3)[nH]n2)nc(NC(C)c2ccc(F)cc2F)n1. The van der Waals surface area contributed by atoms with E-state index in [9.17, 15) is 13.2 Å². The van der Waals surface area contributed by atoms with Gasteiger partial charge < -0.3 is 10.6 Å². The van der Waals surface area contributed by atoms with Gasteiger partial charge in [0.05, 0.1) is 11.7 Å². The van der Waals surface area contributed by atoms with E-state index in [-0.39, 0.29) is 23.3 Å². The zero-order valence-electron chi connectivity index (χ0n) is 17.3. The summed E-state index contributed by atoms with van der Waals surface area (Å²) >= 11 is 0. The Bertz CT molecular complexity index is 1240. The second kappa shape index (κ2) is 9.04. The average molecular weight is 439 g/mol. The number of nitrogens with zero attached hydrogens (tertiary/aromatic N) is 4. The van der Waals surface area contributed by atoms with Gasteiger partial charge in [-0.05, 0) is 25.1 Å². The molecule has 0 aliphatic rings. The zero-order valence-corrected chi connectivity index (χ0v) is 17.3. The summed E-state index contributed by atoms with van der Waals surface area (Å²) in [6.07, 6.45) is 0.542. The van der Waals surface area contributed by atoms with Gasteiger partial charge in [-0.3, -0.25) is 5.10 Å². The number of hydrogen-bond acceptors (Lipinski definition) is 6. The van der Waals surface area contributed by atoms with Crippen LogP contribution in [-0.2, 0) is 6.42 Å². The largest absolute Gasteiger partial charge is 0.347 e. The van der Waals surface area contributed by atoms with Crippen LogP contribution in [0.5, 0.6) is 0 Å². The van der Waals surface area contributed by atoms with E-state index >= 15 is 0 Å². The maximum absolute atomic E-state index is 14.1. The molecule has 4 rings (SSSR count). The number of anilines is 3. The Morgan fingerprint density at radius 3 is 2.47 bits per heavy atom. The fraction of sp³-hybridized carbons (Fsp3) is 0.182. The van der Waals surface area contributed by atoms with Gasteiger partial charge in [0, 0.05) is 29.7 Å². The maximum Gasteiger partial charge on any atom is 0.233 e. The van der Waals surface area contributed by atoms with Crippen molar-refractivity contribution in [3.63, 3.8) is 0 Å². The first-order valence-corrected chi connectivity index (χ1v) is 9.96. The third kappa shape index (κ3) is 4.85. The molecule has 1 unspecified atom stereocenters. The van der Waals surface area contributed by atoms with E-state index in [1.807, 2.05) is 6.92 Å². The number of nitrogens with one attached hydrogen (secondary N) is 3. The predicted octanol–water partition coefficient (Wildman–Crippen LogP) is 5.16. The summed E-state index contributed by atoms with van der Waals surface area (Å²) in [5.74, 6) is -0.234. The number of benzene rings is 2. The van der Waals surface area contributed by atoms with E-state index in [4.69, 9.17) is 0 Å². The fourth-order valence-electron chi connectivity index (χ4n) is 3.13. The number of halogens is 3. The van der Waals surface area contributed by atoms with E-state index in [0.717, 1.165) is 6.07 Å². The van der Waals surface area contributed by atoms with Gasteiger partial charge in [-0.15, -0.1) is 0 Å². The molecule has 7 nitrogen and oxygen atoms in total. The minimum Gasteiger partial charge on any atom is -0.347 e. The average Bonchev–Trinajstić information content (AvgIpc) is 3.22. The summed E-state index contributed by atoms with van der Waals surface area (Å²) in [6.45, 7) is 3.61. The first-order valence-electron chi connectivity index (χ1n) is 9.96. The molecule has 0 fully saturated rings. The quantitative estimate of drug-likeness (QED) is 0.369. The Hall–Kier alpha value is -3.95. The van der Waals surface area contributed by atoms with Crippen molar-refractivity contribution in [2.24, 2.45) is 0 Å². The summed E-state index contributed by atoms with van der Waals surface area (Å²) < 4.78 is 40.8. The zero-order chi connectivity index (χ0) is 22.7. The fourth-order valence-corrected chi connectivity index (χ4v) is 3.13. The van der Waals surface area contributed by atoms with Crippen LogP contribution in [0.4, 0.5) is 30.9 Å². The van der Waals surface area contributed by atoms with Gasteiger partial charge in [0.2, 0.25) is 11.9 Å². The first-order chi connectivity index (χ1) is 15.4. The van der Waals surface area contributed by atoms with Crippen LogP contribution in [0.2, 0.25) is 0 Å².